The second-order valence-electron chi connectivity index (χ2n) is 3.66. The number of nitrogens with zero attached hydrogens (tertiary/aromatic N) is 1. The molecule has 1 aliphatic rings. The molecule has 0 radical (unpaired) electrons. The van der Waals surface area contributed by atoms with Crippen molar-refractivity contribution >= 4 is 11.6 Å². The van der Waals surface area contributed by atoms with Crippen LogP contribution in [0.5, 0.6) is 5.75 Å². The van der Waals surface area contributed by atoms with Crippen LogP contribution in [0.25, 0.3) is 0 Å². The fourth-order valence-electron chi connectivity index (χ4n) is 1.62. The molecule has 2 rings (SSSR count). The number of ether oxygens (including phenoxy) is 1. The third-order valence-electron chi connectivity index (χ3n) is 2.72. The molecule has 0 aromatic heterocycles. The van der Waals surface area contributed by atoms with Crippen LogP contribution in [0, 0.1) is 17.1 Å². The van der Waals surface area contributed by atoms with Crippen LogP contribution in [0.3, 0.4) is 0 Å². The summed E-state index contributed by atoms with van der Waals surface area (Å²) in [6, 6.07) is 4.86. The fourth-order valence-corrected chi connectivity index (χ4v) is 1.86. The Morgan fingerprint density at radius 2 is 2.20 bits per heavy atom. The lowest BCUT2D eigenvalue weighted by molar-refractivity contribution is 0.410. The third kappa shape index (κ3) is 1.55. The van der Waals surface area contributed by atoms with Gasteiger partial charge in [0.2, 0.25) is 0 Å². The summed E-state index contributed by atoms with van der Waals surface area (Å²) < 4.78 is 18.5. The molecule has 0 atom stereocenters. The van der Waals surface area contributed by atoms with E-state index in [9.17, 15) is 4.39 Å². The zero-order chi connectivity index (χ0) is 11.1. The van der Waals surface area contributed by atoms with E-state index in [0.717, 1.165) is 0 Å². The molecule has 15 heavy (non-hydrogen) atoms. The van der Waals surface area contributed by atoms with Crippen LogP contribution in [0.2, 0.25) is 5.02 Å². The molecule has 0 amide bonds. The van der Waals surface area contributed by atoms with Gasteiger partial charge in [-0.25, -0.2) is 4.39 Å². The maximum Gasteiger partial charge on any atom is 0.140 e. The SMILES string of the molecule is COc1cc(F)c(C2(C#N)CC2)cc1Cl. The molecule has 1 aliphatic carbocycles. The summed E-state index contributed by atoms with van der Waals surface area (Å²) in [5, 5.41) is 9.30. The van der Waals surface area contributed by atoms with Crippen molar-refractivity contribution in [1.82, 2.24) is 0 Å². The number of rotatable bonds is 2. The summed E-state index contributed by atoms with van der Waals surface area (Å²) in [7, 11) is 1.43. The summed E-state index contributed by atoms with van der Waals surface area (Å²) in [6.07, 6.45) is 1.39. The van der Waals surface area contributed by atoms with E-state index in [2.05, 4.69) is 6.07 Å². The molecular weight excluding hydrogens is 217 g/mol. The summed E-state index contributed by atoms with van der Waals surface area (Å²) in [5.74, 6) is -0.123. The molecule has 0 unspecified atom stereocenters. The molecule has 1 aromatic rings. The minimum absolute atomic E-state index is 0.298. The molecule has 4 heteroatoms. The van der Waals surface area contributed by atoms with Gasteiger partial charge in [-0.1, -0.05) is 11.6 Å². The van der Waals surface area contributed by atoms with Crippen molar-refractivity contribution in [2.75, 3.05) is 7.11 Å². The topological polar surface area (TPSA) is 33.0 Å². The van der Waals surface area contributed by atoms with Gasteiger partial charge in [-0.05, 0) is 18.9 Å². The highest BCUT2D eigenvalue weighted by Crippen LogP contribution is 2.49. The lowest BCUT2D eigenvalue weighted by Gasteiger charge is -2.10. The second kappa shape index (κ2) is 3.39. The smallest absolute Gasteiger partial charge is 0.140 e. The molecule has 1 aromatic carbocycles. The van der Waals surface area contributed by atoms with Gasteiger partial charge in [0.15, 0.2) is 0 Å². The van der Waals surface area contributed by atoms with Crippen LogP contribution in [-0.2, 0) is 5.41 Å². The van der Waals surface area contributed by atoms with Crippen molar-refractivity contribution in [1.29, 1.82) is 5.26 Å². The lowest BCUT2D eigenvalue weighted by atomic mass is 9.97. The highest BCUT2D eigenvalue weighted by Gasteiger charge is 2.47. The predicted octanol–water partition coefficient (Wildman–Crippen LogP) is 3.04. The summed E-state index contributed by atoms with van der Waals surface area (Å²) in [6.45, 7) is 0. The number of hydrogen-bond acceptors (Lipinski definition) is 2. The van der Waals surface area contributed by atoms with E-state index < -0.39 is 11.2 Å². The molecule has 0 spiro atoms. The van der Waals surface area contributed by atoms with Gasteiger partial charge >= 0.3 is 0 Å². The maximum atomic E-state index is 13.6. The lowest BCUT2D eigenvalue weighted by Crippen LogP contribution is -2.06. The Labute approximate surface area is 92.2 Å². The Bertz CT molecular complexity index is 449. The summed E-state index contributed by atoms with van der Waals surface area (Å²) >= 11 is 5.89. The molecule has 78 valence electrons. The fraction of sp³-hybridized carbons (Fsp3) is 0.364. The van der Waals surface area contributed by atoms with Crippen LogP contribution < -0.4 is 4.74 Å². The van der Waals surface area contributed by atoms with Crippen molar-refractivity contribution in [3.8, 4) is 11.8 Å². The molecule has 0 N–H and O–H groups in total. The van der Waals surface area contributed by atoms with Crippen molar-refractivity contribution in [3.05, 3.63) is 28.5 Å². The first kappa shape index (κ1) is 10.3. The summed E-state index contributed by atoms with van der Waals surface area (Å²) in [5.41, 5.74) is -0.268. The number of methoxy groups -OCH3 is 1. The Morgan fingerprint density at radius 1 is 1.53 bits per heavy atom. The third-order valence-corrected chi connectivity index (χ3v) is 3.02. The summed E-state index contributed by atoms with van der Waals surface area (Å²) in [4.78, 5) is 0. The van der Waals surface area contributed by atoms with Crippen molar-refractivity contribution in [2.45, 2.75) is 18.3 Å². The molecule has 0 aliphatic heterocycles. The number of halogens is 2. The molecular formula is C11H9ClFNO. The van der Waals surface area contributed by atoms with Gasteiger partial charge in [-0.2, -0.15) is 5.26 Å². The van der Waals surface area contributed by atoms with Crippen molar-refractivity contribution < 1.29 is 9.13 Å². The molecule has 0 saturated heterocycles. The van der Waals surface area contributed by atoms with E-state index in [1.807, 2.05) is 0 Å². The zero-order valence-corrected chi connectivity index (χ0v) is 8.94. The van der Waals surface area contributed by atoms with E-state index in [-0.39, 0.29) is 0 Å². The van der Waals surface area contributed by atoms with Crippen LogP contribution in [-0.4, -0.2) is 7.11 Å². The molecule has 0 heterocycles. The highest BCUT2D eigenvalue weighted by atomic mass is 35.5. The Hall–Kier alpha value is -1.27. The van der Waals surface area contributed by atoms with E-state index in [1.54, 1.807) is 0 Å². The second-order valence-corrected chi connectivity index (χ2v) is 4.07. The average molecular weight is 226 g/mol. The van der Waals surface area contributed by atoms with Gasteiger partial charge in [0, 0.05) is 11.6 Å². The predicted molar refractivity (Wildman–Crippen MR) is 54.5 cm³/mol. The highest BCUT2D eigenvalue weighted by molar-refractivity contribution is 6.32. The van der Waals surface area contributed by atoms with E-state index in [0.29, 0.717) is 29.2 Å². The molecule has 1 saturated carbocycles. The van der Waals surface area contributed by atoms with Gasteiger partial charge in [-0.15, -0.1) is 0 Å². The number of nitriles is 1. The van der Waals surface area contributed by atoms with Gasteiger partial charge in [0.25, 0.3) is 0 Å². The quantitative estimate of drug-likeness (QED) is 0.775. The molecule has 0 bridgehead atoms. The largest absolute Gasteiger partial charge is 0.495 e. The van der Waals surface area contributed by atoms with E-state index in [4.69, 9.17) is 21.6 Å². The normalized spacial score (nSPS) is 16.9. The van der Waals surface area contributed by atoms with Gasteiger partial charge in [0.05, 0.1) is 23.6 Å². The molecule has 2 nitrogen and oxygen atoms in total. The number of benzene rings is 1. The van der Waals surface area contributed by atoms with Crippen LogP contribution >= 0.6 is 11.6 Å². The maximum absolute atomic E-state index is 13.6. The first-order chi connectivity index (χ1) is 7.13. The first-order valence-electron chi connectivity index (χ1n) is 4.58. The van der Waals surface area contributed by atoms with Gasteiger partial charge < -0.3 is 4.74 Å². The van der Waals surface area contributed by atoms with E-state index >= 15 is 0 Å². The minimum Gasteiger partial charge on any atom is -0.495 e. The van der Waals surface area contributed by atoms with Crippen molar-refractivity contribution in [3.63, 3.8) is 0 Å². The Kier molecular flexibility index (Phi) is 2.32. The molecule has 1 fully saturated rings. The minimum atomic E-state index is -0.653. The van der Waals surface area contributed by atoms with Crippen molar-refractivity contribution in [2.24, 2.45) is 0 Å². The first-order valence-corrected chi connectivity index (χ1v) is 4.95. The van der Waals surface area contributed by atoms with Crippen LogP contribution in [0.1, 0.15) is 18.4 Å². The average Bonchev–Trinajstić information content (AvgIpc) is 3.01. The Morgan fingerprint density at radius 3 is 2.67 bits per heavy atom. The van der Waals surface area contributed by atoms with Gasteiger partial charge in [0.1, 0.15) is 11.6 Å². The monoisotopic (exact) mass is 225 g/mol. The van der Waals surface area contributed by atoms with Gasteiger partial charge in [-0.3, -0.25) is 0 Å². The standard InChI is InChI=1S/C11H9ClFNO/c1-15-10-5-9(13)7(4-8(10)12)11(6-14)2-3-11/h4-5H,2-3H2,1H3. The van der Waals surface area contributed by atoms with Crippen LogP contribution in [0.15, 0.2) is 12.1 Å². The van der Waals surface area contributed by atoms with Crippen LogP contribution in [0.4, 0.5) is 4.39 Å². The van der Waals surface area contributed by atoms with E-state index in [1.165, 1.54) is 19.2 Å². The zero-order valence-electron chi connectivity index (χ0n) is 8.18. The number of hydrogen-bond donors (Lipinski definition) is 0. The Balaban J connectivity index is 2.51.